The van der Waals surface area contributed by atoms with Gasteiger partial charge in [-0.2, -0.15) is 31.4 Å². The maximum Gasteiger partial charge on any atom is 0.433 e. The highest BCUT2D eigenvalue weighted by Gasteiger charge is 2.42. The van der Waals surface area contributed by atoms with Gasteiger partial charge < -0.3 is 9.88 Å². The van der Waals surface area contributed by atoms with E-state index in [4.69, 9.17) is 0 Å². The monoisotopic (exact) mass is 445 g/mol. The van der Waals surface area contributed by atoms with Crippen LogP contribution >= 0.6 is 0 Å². The Hall–Kier alpha value is -3.64. The smallest absolute Gasteiger partial charge is 0.321 e. The molecular weight excluding hydrogens is 432 g/mol. The Morgan fingerprint density at radius 2 is 1.71 bits per heavy atom. The van der Waals surface area contributed by atoms with Crippen molar-refractivity contribution in [3.63, 3.8) is 0 Å². The lowest BCUT2D eigenvalue weighted by Crippen LogP contribution is -2.21. The number of hydrogen-bond donors (Lipinski definition) is 1. The van der Waals surface area contributed by atoms with Crippen molar-refractivity contribution in [2.75, 3.05) is 5.32 Å². The summed E-state index contributed by atoms with van der Waals surface area (Å²) in [4.78, 5) is 27.3. The fourth-order valence-corrected chi connectivity index (χ4v) is 2.84. The number of nitrogens with one attached hydrogen (secondary N) is 1. The summed E-state index contributed by atoms with van der Waals surface area (Å²) in [6.45, 7) is 0. The van der Waals surface area contributed by atoms with Crippen LogP contribution in [0.15, 0.2) is 41.5 Å². The Morgan fingerprint density at radius 1 is 1.03 bits per heavy atom. The van der Waals surface area contributed by atoms with Crippen LogP contribution in [0.4, 0.5) is 32.0 Å². The second-order valence-electron chi connectivity index (χ2n) is 6.44. The van der Waals surface area contributed by atoms with Gasteiger partial charge in [-0.25, -0.2) is 0 Å². The molecule has 0 spiro atoms. The summed E-state index contributed by atoms with van der Waals surface area (Å²) >= 11 is 0. The molecule has 0 radical (unpaired) electrons. The van der Waals surface area contributed by atoms with Gasteiger partial charge in [0, 0.05) is 43.8 Å². The fourth-order valence-electron chi connectivity index (χ4n) is 2.84. The summed E-state index contributed by atoms with van der Waals surface area (Å²) in [5.41, 5.74) is -5.18. The predicted molar refractivity (Wildman–Crippen MR) is 96.1 cm³/mol. The molecule has 0 aromatic carbocycles. The SMILES string of the molecule is Cn1nc(-c2ccc(=O)n(C)c2)c(C(F)(F)F)c1C(=O)Nc1ccnc(C(F)(F)F)c1. The zero-order chi connectivity index (χ0) is 23.1. The lowest BCUT2D eigenvalue weighted by molar-refractivity contribution is -0.141. The average molecular weight is 445 g/mol. The van der Waals surface area contributed by atoms with Gasteiger partial charge in [-0.05, 0) is 18.2 Å². The third kappa shape index (κ3) is 4.44. The highest BCUT2D eigenvalue weighted by molar-refractivity contribution is 6.05. The largest absolute Gasteiger partial charge is 0.433 e. The minimum absolute atomic E-state index is 0.0765. The van der Waals surface area contributed by atoms with Crippen molar-refractivity contribution >= 4 is 11.6 Å². The topological polar surface area (TPSA) is 81.8 Å². The molecule has 0 aliphatic carbocycles. The van der Waals surface area contributed by atoms with Crippen molar-refractivity contribution < 1.29 is 31.1 Å². The predicted octanol–water partition coefficient (Wildman–Crippen LogP) is 3.47. The fraction of sp³-hybridized carbons (Fsp3) is 0.222. The normalized spacial score (nSPS) is 12.1. The Balaban J connectivity index is 2.09. The van der Waals surface area contributed by atoms with Crippen molar-refractivity contribution in [3.05, 3.63) is 64.0 Å². The second-order valence-corrected chi connectivity index (χ2v) is 6.44. The number of amides is 1. The van der Waals surface area contributed by atoms with Crippen LogP contribution in [0.5, 0.6) is 0 Å². The van der Waals surface area contributed by atoms with Crippen LogP contribution in [0.3, 0.4) is 0 Å². The number of aromatic nitrogens is 4. The van der Waals surface area contributed by atoms with Crippen molar-refractivity contribution in [1.29, 1.82) is 0 Å². The van der Waals surface area contributed by atoms with Crippen LogP contribution in [-0.4, -0.2) is 25.2 Å². The van der Waals surface area contributed by atoms with Gasteiger partial charge in [-0.3, -0.25) is 19.3 Å². The number of halogens is 6. The van der Waals surface area contributed by atoms with Crippen LogP contribution in [0, 0.1) is 0 Å². The first-order valence-corrected chi connectivity index (χ1v) is 8.45. The van der Waals surface area contributed by atoms with Crippen LogP contribution in [0.1, 0.15) is 21.7 Å². The number of pyridine rings is 2. The third-order valence-electron chi connectivity index (χ3n) is 4.21. The number of anilines is 1. The highest BCUT2D eigenvalue weighted by Crippen LogP contribution is 2.39. The number of aryl methyl sites for hydroxylation is 2. The molecule has 31 heavy (non-hydrogen) atoms. The van der Waals surface area contributed by atoms with Gasteiger partial charge >= 0.3 is 12.4 Å². The van der Waals surface area contributed by atoms with Gasteiger partial charge in [0.2, 0.25) is 5.56 Å². The molecule has 0 bridgehead atoms. The second kappa shape index (κ2) is 7.56. The number of carbonyl (C=O) groups excluding carboxylic acids is 1. The molecule has 3 rings (SSSR count). The number of alkyl halides is 6. The standard InChI is InChI=1S/C18H13F6N5O2/c1-28-8-9(3-4-12(28)30)14-13(18(22,23)24)15(29(2)27-14)16(31)26-10-5-6-25-11(7-10)17(19,20)21/h3-8H,1-2H3,(H,25,26,31). The number of nitrogens with zero attached hydrogens (tertiary/aromatic N) is 4. The molecule has 7 nitrogen and oxygen atoms in total. The van der Waals surface area contributed by atoms with Crippen molar-refractivity contribution in [3.8, 4) is 11.3 Å². The average Bonchev–Trinajstić information content (AvgIpc) is 3.01. The van der Waals surface area contributed by atoms with Crippen molar-refractivity contribution in [1.82, 2.24) is 19.3 Å². The zero-order valence-electron chi connectivity index (χ0n) is 15.8. The molecule has 0 aliphatic rings. The molecule has 13 heteroatoms. The lowest BCUT2D eigenvalue weighted by Gasteiger charge is -2.12. The van der Waals surface area contributed by atoms with Gasteiger partial charge in [-0.1, -0.05) is 0 Å². The number of rotatable bonds is 3. The molecule has 1 N–H and O–H groups in total. The highest BCUT2D eigenvalue weighted by atomic mass is 19.4. The minimum Gasteiger partial charge on any atom is -0.321 e. The van der Waals surface area contributed by atoms with Crippen molar-refractivity contribution in [2.45, 2.75) is 12.4 Å². The van der Waals surface area contributed by atoms with Gasteiger partial charge in [0.25, 0.3) is 5.91 Å². The lowest BCUT2D eigenvalue weighted by atomic mass is 10.1. The molecule has 1 amide bonds. The van der Waals surface area contributed by atoms with Crippen LogP contribution in [0.2, 0.25) is 0 Å². The summed E-state index contributed by atoms with van der Waals surface area (Å²) in [5.74, 6) is -1.32. The van der Waals surface area contributed by atoms with E-state index in [1.54, 1.807) is 0 Å². The summed E-state index contributed by atoms with van der Waals surface area (Å²) in [5, 5.41) is 5.78. The summed E-state index contributed by atoms with van der Waals surface area (Å²) < 4.78 is 81.7. The first-order chi connectivity index (χ1) is 14.3. The van der Waals surface area contributed by atoms with Crippen LogP contribution in [-0.2, 0) is 26.4 Å². The van der Waals surface area contributed by atoms with E-state index in [1.165, 1.54) is 7.05 Å². The Bertz CT molecular complexity index is 1210. The molecule has 0 fully saturated rings. The molecule has 0 saturated heterocycles. The molecule has 164 valence electrons. The Morgan fingerprint density at radius 3 is 2.29 bits per heavy atom. The molecule has 3 aromatic heterocycles. The van der Waals surface area contributed by atoms with Gasteiger partial charge in [-0.15, -0.1) is 0 Å². The molecule has 0 atom stereocenters. The first-order valence-electron chi connectivity index (χ1n) is 8.45. The maximum atomic E-state index is 13.8. The van der Waals surface area contributed by atoms with E-state index in [2.05, 4.69) is 10.1 Å². The van der Waals surface area contributed by atoms with Crippen molar-refractivity contribution in [2.24, 2.45) is 14.1 Å². The summed E-state index contributed by atoms with van der Waals surface area (Å²) in [6, 6.07) is 3.67. The number of carbonyl (C=O) groups is 1. The van der Waals surface area contributed by atoms with E-state index in [1.807, 2.05) is 5.32 Å². The van der Waals surface area contributed by atoms with E-state index < -0.39 is 52.2 Å². The van der Waals surface area contributed by atoms with Gasteiger partial charge in [0.1, 0.15) is 22.6 Å². The minimum atomic E-state index is -5.03. The van der Waals surface area contributed by atoms with Gasteiger partial charge in [0.05, 0.1) is 0 Å². The molecule has 0 unspecified atom stereocenters. The molecule has 0 saturated carbocycles. The summed E-state index contributed by atoms with van der Waals surface area (Å²) in [6.07, 6.45) is -7.94. The van der Waals surface area contributed by atoms with E-state index in [0.29, 0.717) is 10.7 Å². The van der Waals surface area contributed by atoms with Gasteiger partial charge in [0.15, 0.2) is 0 Å². The molecular formula is C18H13F6N5O2. The van der Waals surface area contributed by atoms with Crippen LogP contribution in [0.25, 0.3) is 11.3 Å². The maximum absolute atomic E-state index is 13.8. The Labute approximate surface area is 169 Å². The Kier molecular flexibility index (Phi) is 5.38. The van der Waals surface area contributed by atoms with E-state index in [9.17, 15) is 35.9 Å². The third-order valence-corrected chi connectivity index (χ3v) is 4.21. The number of hydrogen-bond acceptors (Lipinski definition) is 4. The zero-order valence-corrected chi connectivity index (χ0v) is 15.8. The van der Waals surface area contributed by atoms with E-state index in [-0.39, 0.29) is 5.56 Å². The molecule has 0 aliphatic heterocycles. The quantitative estimate of drug-likeness (QED) is 0.626. The molecule has 3 heterocycles. The van der Waals surface area contributed by atoms with E-state index >= 15 is 0 Å². The molecule has 3 aromatic rings. The van der Waals surface area contributed by atoms with E-state index in [0.717, 1.165) is 42.2 Å². The summed E-state index contributed by atoms with van der Waals surface area (Å²) in [7, 11) is 2.42. The van der Waals surface area contributed by atoms with Crippen LogP contribution < -0.4 is 10.9 Å². The first kappa shape index (κ1) is 22.1.